The second-order valence-corrected chi connectivity index (χ2v) is 6.93. The molecule has 6 nitrogen and oxygen atoms in total. The Labute approximate surface area is 145 Å². The zero-order valence-electron chi connectivity index (χ0n) is 13.6. The summed E-state index contributed by atoms with van der Waals surface area (Å²) >= 11 is 0. The van der Waals surface area contributed by atoms with E-state index in [4.69, 9.17) is 9.29 Å². The lowest BCUT2D eigenvalue weighted by atomic mass is 10.0. The van der Waals surface area contributed by atoms with Crippen molar-refractivity contribution < 1.29 is 27.3 Å². The van der Waals surface area contributed by atoms with Gasteiger partial charge in [-0.15, -0.1) is 0 Å². The molecule has 0 unspecified atom stereocenters. The Morgan fingerprint density at radius 2 is 1.60 bits per heavy atom. The Kier molecular flexibility index (Phi) is 5.08. The molecule has 0 saturated heterocycles. The van der Waals surface area contributed by atoms with Crippen molar-refractivity contribution in [3.63, 3.8) is 0 Å². The van der Waals surface area contributed by atoms with E-state index >= 15 is 0 Å². The average Bonchev–Trinajstić information content (AvgIpc) is 2.57. The predicted octanol–water partition coefficient (Wildman–Crippen LogP) is 2.98. The molecular formula is C18H16O6S. The van der Waals surface area contributed by atoms with Crippen LogP contribution < -0.4 is 4.18 Å². The highest BCUT2D eigenvalue weighted by Crippen LogP contribution is 2.28. The summed E-state index contributed by atoms with van der Waals surface area (Å²) in [6.45, 7) is 6.68. The van der Waals surface area contributed by atoms with E-state index in [0.29, 0.717) is 11.1 Å². The maximum absolute atomic E-state index is 12.4. The molecule has 7 heteroatoms. The van der Waals surface area contributed by atoms with E-state index in [1.54, 1.807) is 18.2 Å². The van der Waals surface area contributed by atoms with E-state index in [-0.39, 0.29) is 16.2 Å². The fraction of sp³-hybridized carbons (Fsp3) is 0.111. The number of aryl methyl sites for hydroxylation is 2. The number of Topliss-reactive ketones (excluding diaryl/α,β-unsaturated/α-hetero) is 1. The Morgan fingerprint density at radius 3 is 2.04 bits per heavy atom. The van der Waals surface area contributed by atoms with Gasteiger partial charge in [-0.25, -0.2) is 4.79 Å². The van der Waals surface area contributed by atoms with Gasteiger partial charge in [-0.05, 0) is 54.8 Å². The number of rotatable bonds is 6. The molecule has 0 fully saturated rings. The van der Waals surface area contributed by atoms with Gasteiger partial charge in [0.05, 0.1) is 0 Å². The second-order valence-electron chi connectivity index (χ2n) is 5.38. The Bertz CT molecular complexity index is 933. The van der Waals surface area contributed by atoms with Crippen molar-refractivity contribution in [3.8, 4) is 5.75 Å². The minimum atomic E-state index is -4.07. The minimum Gasteiger partial charge on any atom is -0.475 e. The van der Waals surface area contributed by atoms with E-state index < -0.39 is 21.9 Å². The van der Waals surface area contributed by atoms with E-state index in [1.807, 2.05) is 0 Å². The van der Waals surface area contributed by atoms with Crippen LogP contribution in [0, 0.1) is 13.8 Å². The number of hydrogen-bond acceptors (Lipinski definition) is 5. The van der Waals surface area contributed by atoms with Crippen LogP contribution in [0.1, 0.15) is 27.0 Å². The van der Waals surface area contributed by atoms with Crippen molar-refractivity contribution in [1.29, 1.82) is 0 Å². The second kappa shape index (κ2) is 6.90. The highest BCUT2D eigenvalue weighted by molar-refractivity contribution is 7.87. The number of ketones is 1. The van der Waals surface area contributed by atoms with Crippen LogP contribution in [0.2, 0.25) is 0 Å². The third-order valence-electron chi connectivity index (χ3n) is 3.51. The molecule has 2 aromatic carbocycles. The molecule has 0 amide bonds. The molecule has 0 atom stereocenters. The van der Waals surface area contributed by atoms with E-state index in [2.05, 4.69) is 6.58 Å². The van der Waals surface area contributed by atoms with E-state index in [0.717, 1.165) is 5.56 Å². The number of carbonyl (C=O) groups is 2. The fourth-order valence-corrected chi connectivity index (χ4v) is 3.31. The molecule has 130 valence electrons. The topological polar surface area (TPSA) is 97.7 Å². The van der Waals surface area contributed by atoms with Gasteiger partial charge in [-0.3, -0.25) is 4.79 Å². The number of carboxylic acids is 1. The molecule has 0 radical (unpaired) electrons. The van der Waals surface area contributed by atoms with E-state index in [9.17, 15) is 18.0 Å². The zero-order valence-corrected chi connectivity index (χ0v) is 14.5. The molecule has 0 aliphatic heterocycles. The lowest BCUT2D eigenvalue weighted by molar-refractivity contribution is -0.131. The van der Waals surface area contributed by atoms with Crippen LogP contribution in [-0.4, -0.2) is 25.3 Å². The van der Waals surface area contributed by atoms with Crippen molar-refractivity contribution in [2.45, 2.75) is 18.7 Å². The molecule has 0 heterocycles. The quantitative estimate of drug-likeness (QED) is 0.483. The molecular weight excluding hydrogens is 344 g/mol. The standard InChI is InChI=1S/C18H16O6S/c1-4-13-5-7-15(8-6-13)25(22,23)24-17-11(2)9-14(10-12(17)3)16(19)18(20)21/h4-10H,1H2,2-3H3,(H,20,21). The Morgan fingerprint density at radius 1 is 1.08 bits per heavy atom. The van der Waals surface area contributed by atoms with Crippen molar-refractivity contribution in [1.82, 2.24) is 0 Å². The number of aliphatic carboxylic acids is 1. The van der Waals surface area contributed by atoms with Crippen LogP contribution in [0.15, 0.2) is 47.9 Å². The molecule has 0 aliphatic rings. The minimum absolute atomic E-state index is 0.0254. The first kappa shape index (κ1) is 18.4. The molecule has 2 aromatic rings. The number of hydrogen-bond donors (Lipinski definition) is 1. The van der Waals surface area contributed by atoms with Crippen LogP contribution in [0.3, 0.4) is 0 Å². The van der Waals surface area contributed by atoms with Crippen LogP contribution in [0.25, 0.3) is 6.08 Å². The van der Waals surface area contributed by atoms with Gasteiger partial charge >= 0.3 is 16.1 Å². The third-order valence-corrected chi connectivity index (χ3v) is 4.75. The van der Waals surface area contributed by atoms with Gasteiger partial charge in [0, 0.05) is 5.56 Å². The van der Waals surface area contributed by atoms with Gasteiger partial charge in [0.2, 0.25) is 0 Å². The van der Waals surface area contributed by atoms with Crippen LogP contribution >= 0.6 is 0 Å². The highest BCUT2D eigenvalue weighted by Gasteiger charge is 2.22. The maximum Gasteiger partial charge on any atom is 0.377 e. The lowest BCUT2D eigenvalue weighted by Gasteiger charge is -2.13. The SMILES string of the molecule is C=Cc1ccc(S(=O)(=O)Oc2c(C)cc(C(=O)C(=O)O)cc2C)cc1. The normalized spacial score (nSPS) is 11.0. The zero-order chi connectivity index (χ0) is 18.8. The van der Waals surface area contributed by atoms with Gasteiger partial charge in [-0.2, -0.15) is 8.42 Å². The maximum atomic E-state index is 12.4. The molecule has 25 heavy (non-hydrogen) atoms. The van der Waals surface area contributed by atoms with Gasteiger partial charge in [0.25, 0.3) is 5.78 Å². The summed E-state index contributed by atoms with van der Waals surface area (Å²) in [4.78, 5) is 22.3. The first-order valence-electron chi connectivity index (χ1n) is 7.21. The summed E-state index contributed by atoms with van der Waals surface area (Å²) in [7, 11) is -4.07. The van der Waals surface area contributed by atoms with Crippen molar-refractivity contribution in [2.24, 2.45) is 0 Å². The fourth-order valence-electron chi connectivity index (χ4n) is 2.26. The molecule has 0 saturated carbocycles. The molecule has 0 aromatic heterocycles. The lowest BCUT2D eigenvalue weighted by Crippen LogP contribution is -2.15. The molecule has 0 bridgehead atoms. The summed E-state index contributed by atoms with van der Waals surface area (Å²) in [5, 5.41) is 8.78. The molecule has 2 rings (SSSR count). The summed E-state index contributed by atoms with van der Waals surface area (Å²) < 4.78 is 30.1. The summed E-state index contributed by atoms with van der Waals surface area (Å²) in [5.41, 5.74) is 1.41. The first-order valence-corrected chi connectivity index (χ1v) is 8.62. The highest BCUT2D eigenvalue weighted by atomic mass is 32.2. The van der Waals surface area contributed by atoms with Crippen LogP contribution in [-0.2, 0) is 14.9 Å². The van der Waals surface area contributed by atoms with Crippen LogP contribution in [0.4, 0.5) is 0 Å². The van der Waals surface area contributed by atoms with Gasteiger partial charge in [-0.1, -0.05) is 24.8 Å². The summed E-state index contributed by atoms with van der Waals surface area (Å²) in [6, 6.07) is 8.57. The average molecular weight is 360 g/mol. The monoisotopic (exact) mass is 360 g/mol. The Hall–Kier alpha value is -2.93. The van der Waals surface area contributed by atoms with Crippen molar-refractivity contribution in [2.75, 3.05) is 0 Å². The molecule has 0 spiro atoms. The number of carbonyl (C=O) groups excluding carboxylic acids is 1. The third kappa shape index (κ3) is 3.95. The summed E-state index contributed by atoms with van der Waals surface area (Å²) in [6.07, 6.45) is 1.59. The van der Waals surface area contributed by atoms with Gasteiger partial charge in [0.15, 0.2) is 0 Å². The molecule has 1 N–H and O–H groups in total. The number of carboxylic acid groups (broad SMARTS) is 1. The largest absolute Gasteiger partial charge is 0.475 e. The smallest absolute Gasteiger partial charge is 0.377 e. The van der Waals surface area contributed by atoms with Crippen LogP contribution in [0.5, 0.6) is 5.75 Å². The predicted molar refractivity (Wildman–Crippen MR) is 92.2 cm³/mol. The van der Waals surface area contributed by atoms with Crippen molar-refractivity contribution in [3.05, 3.63) is 65.2 Å². The molecule has 0 aliphatic carbocycles. The van der Waals surface area contributed by atoms with Gasteiger partial charge < -0.3 is 9.29 Å². The number of benzene rings is 2. The van der Waals surface area contributed by atoms with Crippen molar-refractivity contribution >= 4 is 27.9 Å². The first-order chi connectivity index (χ1) is 11.7. The van der Waals surface area contributed by atoms with E-state index in [1.165, 1.54) is 38.1 Å². The van der Waals surface area contributed by atoms with Gasteiger partial charge in [0.1, 0.15) is 10.6 Å². The Balaban J connectivity index is 2.40. The summed E-state index contributed by atoms with van der Waals surface area (Å²) in [5.74, 6) is -2.59.